The molecule has 0 fully saturated rings. The molecule has 1 aromatic heterocycles. The molecular formula is C13H17N3S. The summed E-state index contributed by atoms with van der Waals surface area (Å²) in [5.41, 5.74) is 9.05. The highest BCUT2D eigenvalue weighted by Crippen LogP contribution is 2.15. The molecule has 0 aliphatic rings. The molecule has 2 rings (SSSR count). The summed E-state index contributed by atoms with van der Waals surface area (Å²) < 4.78 is 0. The quantitative estimate of drug-likeness (QED) is 0.845. The van der Waals surface area contributed by atoms with Gasteiger partial charge in [0.15, 0.2) is 0 Å². The van der Waals surface area contributed by atoms with E-state index in [-0.39, 0.29) is 0 Å². The maximum atomic E-state index is 5.93. The van der Waals surface area contributed by atoms with Crippen LogP contribution in [0, 0.1) is 6.92 Å². The van der Waals surface area contributed by atoms with Crippen molar-refractivity contribution in [2.24, 2.45) is 0 Å². The van der Waals surface area contributed by atoms with Crippen LogP contribution >= 0.6 is 11.3 Å². The van der Waals surface area contributed by atoms with Gasteiger partial charge in [-0.15, -0.1) is 11.3 Å². The van der Waals surface area contributed by atoms with Crippen molar-refractivity contribution in [3.8, 4) is 0 Å². The van der Waals surface area contributed by atoms with Crippen molar-refractivity contribution in [2.75, 3.05) is 12.8 Å². The van der Waals surface area contributed by atoms with Gasteiger partial charge in [-0.1, -0.05) is 18.2 Å². The van der Waals surface area contributed by atoms with Crippen LogP contribution in [-0.2, 0) is 13.1 Å². The van der Waals surface area contributed by atoms with Gasteiger partial charge in [0.05, 0.1) is 6.54 Å². The summed E-state index contributed by atoms with van der Waals surface area (Å²) in [5, 5.41) is 3.24. The van der Waals surface area contributed by atoms with Crippen molar-refractivity contribution >= 4 is 17.0 Å². The largest absolute Gasteiger partial charge is 0.398 e. The molecule has 0 spiro atoms. The first kappa shape index (κ1) is 12.1. The maximum absolute atomic E-state index is 5.93. The van der Waals surface area contributed by atoms with E-state index in [0.29, 0.717) is 0 Å². The summed E-state index contributed by atoms with van der Waals surface area (Å²) in [7, 11) is 2.09. The highest BCUT2D eigenvalue weighted by atomic mass is 32.1. The average Bonchev–Trinajstić information content (AvgIpc) is 2.67. The van der Waals surface area contributed by atoms with E-state index in [9.17, 15) is 0 Å². The SMILES string of the molecule is Cc1csc(CN(C)Cc2ccccc2N)n1. The average molecular weight is 247 g/mol. The third-order valence-electron chi connectivity index (χ3n) is 2.57. The summed E-state index contributed by atoms with van der Waals surface area (Å²) in [6.07, 6.45) is 0. The molecule has 0 radical (unpaired) electrons. The number of anilines is 1. The van der Waals surface area contributed by atoms with Gasteiger partial charge in [-0.05, 0) is 25.6 Å². The molecule has 1 heterocycles. The molecule has 0 aliphatic carbocycles. The minimum atomic E-state index is 0.852. The van der Waals surface area contributed by atoms with Gasteiger partial charge in [0.25, 0.3) is 0 Å². The molecule has 0 aliphatic heterocycles. The van der Waals surface area contributed by atoms with E-state index in [0.717, 1.165) is 29.5 Å². The second kappa shape index (κ2) is 5.29. The van der Waals surface area contributed by atoms with Crippen molar-refractivity contribution in [2.45, 2.75) is 20.0 Å². The van der Waals surface area contributed by atoms with Crippen LogP contribution in [0.25, 0.3) is 0 Å². The summed E-state index contributed by atoms with van der Waals surface area (Å²) in [5.74, 6) is 0. The number of hydrogen-bond acceptors (Lipinski definition) is 4. The monoisotopic (exact) mass is 247 g/mol. The molecule has 3 nitrogen and oxygen atoms in total. The third kappa shape index (κ3) is 3.28. The van der Waals surface area contributed by atoms with Gasteiger partial charge in [-0.25, -0.2) is 4.98 Å². The first-order valence-corrected chi connectivity index (χ1v) is 6.46. The number of thiazole rings is 1. The number of rotatable bonds is 4. The van der Waals surface area contributed by atoms with Gasteiger partial charge >= 0.3 is 0 Å². The topological polar surface area (TPSA) is 42.1 Å². The number of para-hydroxylation sites is 1. The predicted molar refractivity (Wildman–Crippen MR) is 72.9 cm³/mol. The highest BCUT2D eigenvalue weighted by Gasteiger charge is 2.06. The van der Waals surface area contributed by atoms with Crippen molar-refractivity contribution in [1.82, 2.24) is 9.88 Å². The Balaban J connectivity index is 1.98. The molecule has 1 aromatic carbocycles. The Bertz CT molecular complexity index is 493. The normalized spacial score (nSPS) is 11.0. The van der Waals surface area contributed by atoms with Gasteiger partial charge in [0.1, 0.15) is 5.01 Å². The molecule has 90 valence electrons. The number of nitrogens with zero attached hydrogens (tertiary/aromatic N) is 2. The molecule has 0 unspecified atom stereocenters. The van der Waals surface area contributed by atoms with E-state index in [1.165, 1.54) is 5.56 Å². The lowest BCUT2D eigenvalue weighted by molar-refractivity contribution is 0.319. The van der Waals surface area contributed by atoms with Gasteiger partial charge < -0.3 is 5.73 Å². The Morgan fingerprint density at radius 2 is 2.06 bits per heavy atom. The minimum absolute atomic E-state index is 0.852. The second-order valence-corrected chi connectivity index (χ2v) is 5.20. The first-order chi connectivity index (χ1) is 8.15. The van der Waals surface area contributed by atoms with E-state index in [1.807, 2.05) is 25.1 Å². The van der Waals surface area contributed by atoms with Crippen LogP contribution in [0.3, 0.4) is 0 Å². The summed E-state index contributed by atoms with van der Waals surface area (Å²) in [6.45, 7) is 3.74. The summed E-state index contributed by atoms with van der Waals surface area (Å²) >= 11 is 1.71. The molecule has 0 amide bonds. The molecule has 0 saturated heterocycles. The van der Waals surface area contributed by atoms with E-state index in [1.54, 1.807) is 11.3 Å². The molecule has 17 heavy (non-hydrogen) atoms. The van der Waals surface area contributed by atoms with Crippen molar-refractivity contribution < 1.29 is 0 Å². The number of aryl methyl sites for hydroxylation is 1. The number of nitrogens with two attached hydrogens (primary N) is 1. The minimum Gasteiger partial charge on any atom is -0.398 e. The Labute approximate surface area is 106 Å². The number of aromatic nitrogens is 1. The molecule has 0 bridgehead atoms. The molecule has 2 N–H and O–H groups in total. The number of nitrogen functional groups attached to an aromatic ring is 1. The first-order valence-electron chi connectivity index (χ1n) is 5.58. The van der Waals surface area contributed by atoms with E-state index in [4.69, 9.17) is 5.73 Å². The van der Waals surface area contributed by atoms with E-state index >= 15 is 0 Å². The Morgan fingerprint density at radius 1 is 1.29 bits per heavy atom. The van der Waals surface area contributed by atoms with Gasteiger partial charge in [-0.2, -0.15) is 0 Å². The number of hydrogen-bond donors (Lipinski definition) is 1. The molecule has 0 saturated carbocycles. The maximum Gasteiger partial charge on any atom is 0.107 e. The van der Waals surface area contributed by atoms with E-state index in [2.05, 4.69) is 28.4 Å². The predicted octanol–water partition coefficient (Wildman–Crippen LogP) is 2.67. The van der Waals surface area contributed by atoms with Crippen molar-refractivity contribution in [3.05, 3.63) is 45.9 Å². The van der Waals surface area contributed by atoms with Crippen LogP contribution < -0.4 is 5.73 Å². The fraction of sp³-hybridized carbons (Fsp3) is 0.308. The molecule has 2 aromatic rings. The highest BCUT2D eigenvalue weighted by molar-refractivity contribution is 7.09. The van der Waals surface area contributed by atoms with Crippen LogP contribution in [-0.4, -0.2) is 16.9 Å². The van der Waals surface area contributed by atoms with Gasteiger partial charge in [0, 0.05) is 23.3 Å². The second-order valence-electron chi connectivity index (χ2n) is 4.25. The van der Waals surface area contributed by atoms with Crippen molar-refractivity contribution in [3.63, 3.8) is 0 Å². The lowest BCUT2D eigenvalue weighted by Gasteiger charge is -2.16. The zero-order valence-corrected chi connectivity index (χ0v) is 11.0. The zero-order chi connectivity index (χ0) is 12.3. The molecule has 0 atom stereocenters. The van der Waals surface area contributed by atoms with Gasteiger partial charge in [0.2, 0.25) is 0 Å². The van der Waals surface area contributed by atoms with Gasteiger partial charge in [-0.3, -0.25) is 4.90 Å². The van der Waals surface area contributed by atoms with Crippen LogP contribution in [0.2, 0.25) is 0 Å². The smallest absolute Gasteiger partial charge is 0.107 e. The standard InChI is InChI=1S/C13H17N3S/c1-10-9-17-13(15-10)8-16(2)7-11-5-3-4-6-12(11)14/h3-6,9H,7-8,14H2,1-2H3. The zero-order valence-electron chi connectivity index (χ0n) is 10.2. The Morgan fingerprint density at radius 3 is 2.71 bits per heavy atom. The van der Waals surface area contributed by atoms with Crippen molar-refractivity contribution in [1.29, 1.82) is 0 Å². The Kier molecular flexibility index (Phi) is 3.76. The molecular weight excluding hydrogens is 230 g/mol. The van der Waals surface area contributed by atoms with Crippen LogP contribution in [0.4, 0.5) is 5.69 Å². The van der Waals surface area contributed by atoms with E-state index < -0.39 is 0 Å². The molecule has 4 heteroatoms. The fourth-order valence-electron chi connectivity index (χ4n) is 1.73. The third-order valence-corrected chi connectivity index (χ3v) is 3.52. The van der Waals surface area contributed by atoms with Crippen LogP contribution in [0.15, 0.2) is 29.6 Å². The summed E-state index contributed by atoms with van der Waals surface area (Å²) in [6, 6.07) is 7.99. The lowest BCUT2D eigenvalue weighted by atomic mass is 10.2. The Hall–Kier alpha value is -1.39. The summed E-state index contributed by atoms with van der Waals surface area (Å²) in [4.78, 5) is 6.69. The number of benzene rings is 1. The lowest BCUT2D eigenvalue weighted by Crippen LogP contribution is -2.17. The van der Waals surface area contributed by atoms with Crippen LogP contribution in [0.5, 0.6) is 0 Å². The fourth-order valence-corrected chi connectivity index (χ4v) is 2.58. The van der Waals surface area contributed by atoms with Crippen LogP contribution in [0.1, 0.15) is 16.3 Å².